The second kappa shape index (κ2) is 10.2. The lowest BCUT2D eigenvalue weighted by Gasteiger charge is -2.36. The molecule has 2 aromatic rings. The highest BCUT2D eigenvalue weighted by molar-refractivity contribution is 7.89. The van der Waals surface area contributed by atoms with E-state index in [0.29, 0.717) is 4.90 Å². The van der Waals surface area contributed by atoms with Crippen molar-refractivity contribution in [3.05, 3.63) is 59.7 Å². The van der Waals surface area contributed by atoms with Gasteiger partial charge in [-0.1, -0.05) is 12.1 Å². The molecule has 4 rings (SSSR count). The number of nitrogens with zero attached hydrogens (tertiary/aromatic N) is 3. The summed E-state index contributed by atoms with van der Waals surface area (Å²) in [5.74, 6) is -2.08. The Morgan fingerprint density at radius 2 is 1.62 bits per heavy atom. The molecule has 9 nitrogen and oxygen atoms in total. The van der Waals surface area contributed by atoms with Gasteiger partial charge in [-0.25, -0.2) is 18.1 Å². The second-order valence-corrected chi connectivity index (χ2v) is 10.4. The van der Waals surface area contributed by atoms with E-state index in [1.807, 2.05) is 0 Å². The minimum Gasteiger partial charge on any atom is -0.462 e. The lowest BCUT2D eigenvalue weighted by atomic mass is 10.1. The monoisotopic (exact) mass is 539 g/mol. The highest BCUT2D eigenvalue weighted by Crippen LogP contribution is 2.38. The number of anilines is 1. The molecule has 0 aliphatic carbocycles. The fourth-order valence-corrected chi connectivity index (χ4v) is 5.87. The van der Waals surface area contributed by atoms with Crippen LogP contribution in [0.15, 0.2) is 53.4 Å². The third-order valence-corrected chi connectivity index (χ3v) is 8.20. The molecule has 198 valence electrons. The van der Waals surface area contributed by atoms with Crippen molar-refractivity contribution in [1.82, 2.24) is 9.21 Å². The van der Waals surface area contributed by atoms with Crippen molar-refractivity contribution in [1.29, 1.82) is 0 Å². The number of esters is 1. The SMILES string of the molecule is CCOC(=O)c1ccc(S(=O)(=O)N2CCN([C@H]3CC(=O)N(c4ccccc4C(F)(F)F)C3=O)CC2)cc1. The standard InChI is InChI=1S/C24H24F3N3O6S/c1-2-36-23(33)16-7-9-17(10-8-16)37(34,35)29-13-11-28(12-14-29)20-15-21(31)30(22(20)32)19-6-4-3-5-18(19)24(25,26)27/h3-10,20H,2,11-15H2,1H3/t20-/m0/s1. The van der Waals surface area contributed by atoms with Crippen LogP contribution in [0.4, 0.5) is 18.9 Å². The third-order valence-electron chi connectivity index (χ3n) is 6.29. The van der Waals surface area contributed by atoms with Crippen LogP contribution >= 0.6 is 0 Å². The molecule has 0 saturated carbocycles. The predicted molar refractivity (Wildman–Crippen MR) is 125 cm³/mol. The van der Waals surface area contributed by atoms with Gasteiger partial charge in [0.05, 0.1) is 40.8 Å². The number of ether oxygens (including phenoxy) is 1. The van der Waals surface area contributed by atoms with Crippen LogP contribution in [0.1, 0.15) is 29.3 Å². The van der Waals surface area contributed by atoms with Gasteiger partial charge in [-0.2, -0.15) is 17.5 Å². The van der Waals surface area contributed by atoms with Crippen LogP contribution in [0.2, 0.25) is 0 Å². The summed E-state index contributed by atoms with van der Waals surface area (Å²) < 4.78 is 72.6. The summed E-state index contributed by atoms with van der Waals surface area (Å²) in [7, 11) is -3.90. The molecule has 0 N–H and O–H groups in total. The Labute approximate surface area is 211 Å². The van der Waals surface area contributed by atoms with Crippen LogP contribution in [0.5, 0.6) is 0 Å². The van der Waals surface area contributed by atoms with Gasteiger partial charge in [-0.15, -0.1) is 0 Å². The van der Waals surface area contributed by atoms with Gasteiger partial charge < -0.3 is 4.74 Å². The summed E-state index contributed by atoms with van der Waals surface area (Å²) in [5, 5.41) is 0. The molecule has 0 spiro atoms. The minimum atomic E-state index is -4.75. The van der Waals surface area contributed by atoms with Crippen molar-refractivity contribution in [3.63, 3.8) is 0 Å². The number of para-hydroxylation sites is 1. The number of sulfonamides is 1. The maximum atomic E-state index is 13.5. The van der Waals surface area contributed by atoms with Gasteiger partial charge in [0.1, 0.15) is 0 Å². The number of benzene rings is 2. The largest absolute Gasteiger partial charge is 0.462 e. The third kappa shape index (κ3) is 5.24. The highest BCUT2D eigenvalue weighted by Gasteiger charge is 2.47. The zero-order valence-electron chi connectivity index (χ0n) is 19.8. The van der Waals surface area contributed by atoms with Crippen LogP contribution in [-0.4, -0.2) is 74.2 Å². The number of hydrogen-bond donors (Lipinski definition) is 0. The number of amides is 2. The average Bonchev–Trinajstić information content (AvgIpc) is 3.17. The summed E-state index contributed by atoms with van der Waals surface area (Å²) in [4.78, 5) is 39.6. The molecule has 13 heteroatoms. The van der Waals surface area contributed by atoms with E-state index in [1.165, 1.54) is 40.7 Å². The first-order chi connectivity index (χ1) is 17.4. The highest BCUT2D eigenvalue weighted by atomic mass is 32.2. The first kappa shape index (κ1) is 26.8. The Kier molecular flexibility index (Phi) is 7.40. The molecule has 2 aromatic carbocycles. The van der Waals surface area contributed by atoms with E-state index in [-0.39, 0.29) is 49.7 Å². The van der Waals surface area contributed by atoms with Gasteiger partial charge in [-0.3, -0.25) is 14.5 Å². The predicted octanol–water partition coefficient (Wildman–Crippen LogP) is 2.52. The fourth-order valence-electron chi connectivity index (χ4n) is 4.44. The average molecular weight is 540 g/mol. The summed E-state index contributed by atoms with van der Waals surface area (Å²) in [6, 6.07) is 8.74. The van der Waals surface area contributed by atoms with Crippen LogP contribution < -0.4 is 4.90 Å². The molecule has 2 aliphatic rings. The van der Waals surface area contributed by atoms with E-state index in [4.69, 9.17) is 4.74 Å². The summed E-state index contributed by atoms with van der Waals surface area (Å²) in [6.07, 6.45) is -5.04. The van der Waals surface area contributed by atoms with E-state index < -0.39 is 51.3 Å². The molecule has 2 fully saturated rings. The number of halogens is 3. The molecule has 2 saturated heterocycles. The lowest BCUT2D eigenvalue weighted by Crippen LogP contribution is -2.53. The number of imide groups is 1. The minimum absolute atomic E-state index is 0.0130. The molecule has 0 aromatic heterocycles. The molecular formula is C24H24F3N3O6S. The zero-order valence-corrected chi connectivity index (χ0v) is 20.6. The van der Waals surface area contributed by atoms with Crippen molar-refractivity contribution in [2.75, 3.05) is 37.7 Å². The van der Waals surface area contributed by atoms with Gasteiger partial charge in [0.2, 0.25) is 15.9 Å². The Morgan fingerprint density at radius 3 is 2.22 bits per heavy atom. The second-order valence-electron chi connectivity index (χ2n) is 8.49. The maximum absolute atomic E-state index is 13.5. The summed E-state index contributed by atoms with van der Waals surface area (Å²) in [6.45, 7) is 2.09. The van der Waals surface area contributed by atoms with Gasteiger partial charge >= 0.3 is 12.1 Å². The molecule has 0 bridgehead atoms. The molecule has 2 amide bonds. The number of hydrogen-bond acceptors (Lipinski definition) is 7. The molecule has 1 atom stereocenters. The molecule has 0 unspecified atom stereocenters. The number of alkyl halides is 3. The lowest BCUT2D eigenvalue weighted by molar-refractivity contribution is -0.137. The Morgan fingerprint density at radius 1 is 1.00 bits per heavy atom. The number of carbonyl (C=O) groups excluding carboxylic acids is 3. The van der Waals surface area contributed by atoms with Gasteiger partial charge in [0.25, 0.3) is 5.91 Å². The van der Waals surface area contributed by atoms with Crippen molar-refractivity contribution < 1.29 is 40.7 Å². The smallest absolute Gasteiger partial charge is 0.418 e. The number of piperazine rings is 1. The fraction of sp³-hybridized carbons (Fsp3) is 0.375. The van der Waals surface area contributed by atoms with Crippen LogP contribution in [-0.2, 0) is 30.5 Å². The molecule has 2 aliphatic heterocycles. The Hall–Kier alpha value is -3.29. The van der Waals surface area contributed by atoms with Crippen LogP contribution in [0.25, 0.3) is 0 Å². The molecule has 0 radical (unpaired) electrons. The van der Waals surface area contributed by atoms with Crippen molar-refractivity contribution in [2.45, 2.75) is 30.5 Å². The van der Waals surface area contributed by atoms with Gasteiger partial charge in [0.15, 0.2) is 0 Å². The van der Waals surface area contributed by atoms with E-state index in [1.54, 1.807) is 11.8 Å². The van der Waals surface area contributed by atoms with E-state index in [9.17, 15) is 36.0 Å². The zero-order chi connectivity index (χ0) is 27.0. The Bertz CT molecular complexity index is 1310. The van der Waals surface area contributed by atoms with Crippen LogP contribution in [0.3, 0.4) is 0 Å². The quantitative estimate of drug-likeness (QED) is 0.411. The molecular weight excluding hydrogens is 515 g/mol. The van der Waals surface area contributed by atoms with E-state index in [2.05, 4.69) is 0 Å². The summed E-state index contributed by atoms with van der Waals surface area (Å²) >= 11 is 0. The van der Waals surface area contributed by atoms with Crippen molar-refractivity contribution in [3.8, 4) is 0 Å². The Balaban J connectivity index is 1.45. The number of carbonyl (C=O) groups is 3. The molecule has 37 heavy (non-hydrogen) atoms. The first-order valence-electron chi connectivity index (χ1n) is 11.5. The summed E-state index contributed by atoms with van der Waals surface area (Å²) in [5.41, 5.74) is -1.38. The first-order valence-corrected chi connectivity index (χ1v) is 12.9. The van der Waals surface area contributed by atoms with Crippen molar-refractivity contribution >= 4 is 33.5 Å². The van der Waals surface area contributed by atoms with Gasteiger partial charge in [0, 0.05) is 26.2 Å². The topological polar surface area (TPSA) is 104 Å². The normalized spacial score (nSPS) is 19.9. The number of rotatable bonds is 6. The van der Waals surface area contributed by atoms with E-state index in [0.717, 1.165) is 12.1 Å². The molecule has 2 heterocycles. The van der Waals surface area contributed by atoms with Crippen LogP contribution in [0, 0.1) is 0 Å². The van der Waals surface area contributed by atoms with E-state index >= 15 is 0 Å². The maximum Gasteiger partial charge on any atom is 0.418 e. The van der Waals surface area contributed by atoms with Gasteiger partial charge in [-0.05, 0) is 43.3 Å². The van der Waals surface area contributed by atoms with Crippen molar-refractivity contribution in [2.24, 2.45) is 0 Å².